The molecule has 6 nitrogen and oxygen atoms in total. The number of aromatic hydroxyl groups is 1. The van der Waals surface area contributed by atoms with Gasteiger partial charge in [-0.05, 0) is 81.4 Å². The van der Waals surface area contributed by atoms with Gasteiger partial charge >= 0.3 is 7.82 Å². The minimum Gasteiger partial charge on any atom is -0.507 e. The van der Waals surface area contributed by atoms with Crippen molar-refractivity contribution in [1.29, 1.82) is 0 Å². The molecular weight excluding hydrogens is 487 g/mol. The molecule has 0 bridgehead atoms. The predicted octanol–water partition coefficient (Wildman–Crippen LogP) is 8.18. The first-order valence-electron chi connectivity index (χ1n) is 14.3. The Morgan fingerprint density at radius 2 is 1.46 bits per heavy atom. The minimum atomic E-state index is -4.59. The van der Waals surface area contributed by atoms with Crippen LogP contribution in [0.1, 0.15) is 115 Å². The number of hydrogen-bond donors (Lipinski definition) is 3. The molecule has 214 valence electrons. The van der Waals surface area contributed by atoms with Gasteiger partial charge in [-0.2, -0.15) is 0 Å². The standard InChI is InChI=1S/C30H53O6P/c1-20(2)12-9-13-21(3)14-10-15-22(4)16-11-17-30(8)26(19-35-37(32,33)34)18-27-25(7)28(31)23(5)24(6)29(27)36-30/h20-22,26,31H,9-19H2,1-8H3,(H2,32,33,34)/t21-,22+,26?,30-/m0/s1. The van der Waals surface area contributed by atoms with Crippen molar-refractivity contribution in [1.82, 2.24) is 0 Å². The lowest BCUT2D eigenvalue weighted by atomic mass is 9.76. The van der Waals surface area contributed by atoms with E-state index in [4.69, 9.17) is 9.26 Å². The average molecular weight is 541 g/mol. The Balaban J connectivity index is 1.99. The topological polar surface area (TPSA) is 96.2 Å². The summed E-state index contributed by atoms with van der Waals surface area (Å²) in [6.45, 7) is 17.0. The van der Waals surface area contributed by atoms with Gasteiger partial charge in [0.2, 0.25) is 0 Å². The van der Waals surface area contributed by atoms with Crippen molar-refractivity contribution in [2.45, 2.75) is 125 Å². The molecule has 1 heterocycles. The number of hydrogen-bond acceptors (Lipinski definition) is 4. The first-order chi connectivity index (χ1) is 17.1. The number of ether oxygens (including phenoxy) is 1. The lowest BCUT2D eigenvalue weighted by molar-refractivity contribution is -0.0247. The Hall–Kier alpha value is -1.07. The first kappa shape index (κ1) is 32.1. The monoisotopic (exact) mass is 540 g/mol. The number of phosphoric acid groups is 1. The summed E-state index contributed by atoms with van der Waals surface area (Å²) in [6, 6.07) is 0. The molecule has 0 spiro atoms. The number of fused-ring (bicyclic) bond motifs is 1. The van der Waals surface area contributed by atoms with Crippen molar-refractivity contribution in [2.75, 3.05) is 6.61 Å². The fourth-order valence-corrected chi connectivity index (χ4v) is 6.16. The van der Waals surface area contributed by atoms with Gasteiger partial charge in [-0.15, -0.1) is 0 Å². The third-order valence-corrected chi connectivity index (χ3v) is 9.16. The molecule has 0 fully saturated rings. The molecule has 1 aromatic rings. The van der Waals surface area contributed by atoms with Crippen molar-refractivity contribution >= 4 is 7.82 Å². The largest absolute Gasteiger partial charge is 0.507 e. The second-order valence-electron chi connectivity index (χ2n) is 12.5. The summed E-state index contributed by atoms with van der Waals surface area (Å²) in [5.74, 6) is 3.07. The van der Waals surface area contributed by atoms with Crippen molar-refractivity contribution in [3.63, 3.8) is 0 Å². The van der Waals surface area contributed by atoms with Crippen LogP contribution in [0, 0.1) is 44.4 Å². The summed E-state index contributed by atoms with van der Waals surface area (Å²) >= 11 is 0. The Morgan fingerprint density at radius 3 is 2.00 bits per heavy atom. The van der Waals surface area contributed by atoms with E-state index < -0.39 is 13.4 Å². The van der Waals surface area contributed by atoms with E-state index in [-0.39, 0.29) is 18.3 Å². The van der Waals surface area contributed by atoms with Crippen LogP contribution in [-0.2, 0) is 15.5 Å². The molecule has 0 aliphatic carbocycles. The second-order valence-corrected chi connectivity index (χ2v) is 13.7. The Bertz CT molecular complexity index is 923. The Kier molecular flexibility index (Phi) is 12.0. The molecule has 37 heavy (non-hydrogen) atoms. The summed E-state index contributed by atoms with van der Waals surface area (Å²) in [5, 5.41) is 10.6. The summed E-state index contributed by atoms with van der Waals surface area (Å²) < 4.78 is 23.1. The van der Waals surface area contributed by atoms with Crippen molar-refractivity contribution in [2.24, 2.45) is 23.7 Å². The fourth-order valence-electron chi connectivity index (χ4n) is 5.79. The number of benzene rings is 1. The highest BCUT2D eigenvalue weighted by molar-refractivity contribution is 7.46. The number of phenols is 1. The Labute approximate surface area is 225 Å². The zero-order valence-electron chi connectivity index (χ0n) is 24.6. The molecule has 0 saturated heterocycles. The lowest BCUT2D eigenvalue weighted by Gasteiger charge is -2.44. The lowest BCUT2D eigenvalue weighted by Crippen LogP contribution is -2.47. The van der Waals surface area contributed by atoms with E-state index in [2.05, 4.69) is 27.7 Å². The third-order valence-electron chi connectivity index (χ3n) is 8.68. The van der Waals surface area contributed by atoms with Gasteiger partial charge in [-0.1, -0.05) is 72.6 Å². The highest BCUT2D eigenvalue weighted by Gasteiger charge is 2.43. The second kappa shape index (κ2) is 13.8. The third kappa shape index (κ3) is 9.56. The summed E-state index contributed by atoms with van der Waals surface area (Å²) in [7, 11) is -4.59. The maximum Gasteiger partial charge on any atom is 0.469 e. The van der Waals surface area contributed by atoms with Gasteiger partial charge < -0.3 is 19.6 Å². The maximum atomic E-state index is 11.5. The van der Waals surface area contributed by atoms with Crippen LogP contribution in [0.4, 0.5) is 0 Å². The van der Waals surface area contributed by atoms with Crippen LogP contribution in [0.3, 0.4) is 0 Å². The highest BCUT2D eigenvalue weighted by Crippen LogP contribution is 2.48. The zero-order valence-corrected chi connectivity index (χ0v) is 25.5. The SMILES string of the molecule is Cc1c(C)c2c(c(C)c1O)CC(COP(=O)(O)O)[C@](C)(CCC[C@H](C)CCC[C@@H](C)CCCC(C)C)O2. The molecule has 0 saturated carbocycles. The van der Waals surface area contributed by atoms with Crippen LogP contribution in [0.15, 0.2) is 0 Å². The number of phenolic OH excluding ortho intramolecular Hbond substituents is 1. The summed E-state index contributed by atoms with van der Waals surface area (Å²) in [6.07, 6.45) is 11.2. The van der Waals surface area contributed by atoms with Gasteiger partial charge in [0, 0.05) is 11.5 Å². The first-order valence-corrected chi connectivity index (χ1v) is 15.9. The smallest absolute Gasteiger partial charge is 0.469 e. The molecule has 1 aromatic carbocycles. The average Bonchev–Trinajstić information content (AvgIpc) is 2.79. The van der Waals surface area contributed by atoms with Crippen LogP contribution < -0.4 is 4.74 Å². The van der Waals surface area contributed by atoms with Crippen molar-refractivity contribution in [3.05, 3.63) is 22.3 Å². The molecule has 4 atom stereocenters. The molecule has 1 unspecified atom stereocenters. The van der Waals surface area contributed by atoms with Gasteiger partial charge in [-0.25, -0.2) is 4.57 Å². The van der Waals surface area contributed by atoms with Gasteiger partial charge in [0.05, 0.1) is 6.61 Å². The van der Waals surface area contributed by atoms with Gasteiger partial charge in [0.25, 0.3) is 0 Å². The molecule has 0 radical (unpaired) electrons. The van der Waals surface area contributed by atoms with E-state index >= 15 is 0 Å². The summed E-state index contributed by atoms with van der Waals surface area (Å²) in [5.41, 5.74) is 2.82. The van der Waals surface area contributed by atoms with E-state index in [0.717, 1.165) is 59.1 Å². The quantitative estimate of drug-likeness (QED) is 0.194. The molecule has 2 rings (SSSR count). The van der Waals surface area contributed by atoms with Crippen LogP contribution in [0.5, 0.6) is 11.5 Å². The summed E-state index contributed by atoms with van der Waals surface area (Å²) in [4.78, 5) is 18.7. The molecule has 7 heteroatoms. The van der Waals surface area contributed by atoms with E-state index in [0.29, 0.717) is 12.3 Å². The number of rotatable bonds is 15. The van der Waals surface area contributed by atoms with Crippen molar-refractivity contribution in [3.8, 4) is 11.5 Å². The zero-order chi connectivity index (χ0) is 28.0. The van der Waals surface area contributed by atoms with Crippen LogP contribution in [0.25, 0.3) is 0 Å². The van der Waals surface area contributed by atoms with E-state index in [9.17, 15) is 19.5 Å². The van der Waals surface area contributed by atoms with Crippen LogP contribution in [0.2, 0.25) is 0 Å². The van der Waals surface area contributed by atoms with Gasteiger partial charge in [-0.3, -0.25) is 4.52 Å². The molecule has 1 aliphatic rings. The van der Waals surface area contributed by atoms with E-state index in [1.54, 1.807) is 0 Å². The Morgan fingerprint density at radius 1 is 0.919 bits per heavy atom. The molecular formula is C30H53O6P. The van der Waals surface area contributed by atoms with Gasteiger partial charge in [0.1, 0.15) is 17.1 Å². The normalized spacial score (nSPS) is 21.5. The van der Waals surface area contributed by atoms with Crippen LogP contribution in [-0.4, -0.2) is 27.1 Å². The molecule has 3 N–H and O–H groups in total. The maximum absolute atomic E-state index is 11.5. The van der Waals surface area contributed by atoms with Crippen LogP contribution >= 0.6 is 7.82 Å². The van der Waals surface area contributed by atoms with Gasteiger partial charge in [0.15, 0.2) is 0 Å². The highest BCUT2D eigenvalue weighted by atomic mass is 31.2. The predicted molar refractivity (Wildman–Crippen MR) is 151 cm³/mol. The van der Waals surface area contributed by atoms with Crippen molar-refractivity contribution < 1.29 is 28.7 Å². The minimum absolute atomic E-state index is 0.0857. The molecule has 1 aliphatic heterocycles. The number of phosphoric ester groups is 1. The van der Waals surface area contributed by atoms with E-state index in [1.165, 1.54) is 38.5 Å². The van der Waals surface area contributed by atoms with E-state index in [1.807, 2.05) is 27.7 Å². The fraction of sp³-hybridized carbons (Fsp3) is 0.800. The molecule has 0 aromatic heterocycles. The molecule has 0 amide bonds.